The van der Waals surface area contributed by atoms with Crippen LogP contribution in [0.15, 0.2) is 18.2 Å². The maximum absolute atomic E-state index is 13.0. The summed E-state index contributed by atoms with van der Waals surface area (Å²) in [6.07, 6.45) is 1.16. The van der Waals surface area contributed by atoms with Gasteiger partial charge in [-0.3, -0.25) is 4.79 Å². The summed E-state index contributed by atoms with van der Waals surface area (Å²) < 4.78 is 13.0. The Bertz CT molecular complexity index is 497. The lowest BCUT2D eigenvalue weighted by Gasteiger charge is -2.16. The number of aliphatic carboxylic acids is 1. The molecular formula is C13H16ClFN2O3. The molecule has 0 saturated carbocycles. The second kappa shape index (κ2) is 7.69. The molecule has 0 spiro atoms. The van der Waals surface area contributed by atoms with Gasteiger partial charge >= 0.3 is 12.0 Å². The molecule has 0 radical (unpaired) electrons. The van der Waals surface area contributed by atoms with Gasteiger partial charge in [0.1, 0.15) is 5.82 Å². The van der Waals surface area contributed by atoms with Crippen molar-refractivity contribution in [2.75, 3.05) is 5.32 Å². The summed E-state index contributed by atoms with van der Waals surface area (Å²) in [4.78, 5) is 22.4. The van der Waals surface area contributed by atoms with E-state index in [1.807, 2.05) is 6.92 Å². The third-order valence-electron chi connectivity index (χ3n) is 2.57. The molecule has 1 rings (SSSR count). The van der Waals surface area contributed by atoms with Crippen molar-refractivity contribution in [1.82, 2.24) is 5.32 Å². The first-order chi connectivity index (χ1) is 9.42. The van der Waals surface area contributed by atoms with E-state index in [-0.39, 0.29) is 11.4 Å². The molecule has 0 aliphatic heterocycles. The minimum absolute atomic E-state index is 0.0987. The van der Waals surface area contributed by atoms with Crippen LogP contribution < -0.4 is 10.6 Å². The van der Waals surface area contributed by atoms with Gasteiger partial charge in [-0.2, -0.15) is 0 Å². The number of amides is 2. The summed E-state index contributed by atoms with van der Waals surface area (Å²) >= 11 is 5.60. The molecule has 0 aromatic heterocycles. The second-order valence-electron chi connectivity index (χ2n) is 4.31. The first kappa shape index (κ1) is 16.2. The predicted octanol–water partition coefficient (Wildman–Crippen LogP) is 3.24. The fourth-order valence-electron chi connectivity index (χ4n) is 1.71. The van der Waals surface area contributed by atoms with Crippen LogP contribution in [-0.2, 0) is 4.79 Å². The van der Waals surface area contributed by atoms with Crippen LogP contribution in [0.25, 0.3) is 0 Å². The maximum atomic E-state index is 13.0. The van der Waals surface area contributed by atoms with Gasteiger partial charge in [-0.15, -0.1) is 0 Å². The SMILES string of the molecule is CCCC(CC(=O)O)NC(=O)Nc1ccc(F)c(Cl)c1. The van der Waals surface area contributed by atoms with Gasteiger partial charge in [-0.25, -0.2) is 9.18 Å². The molecule has 20 heavy (non-hydrogen) atoms. The number of urea groups is 1. The van der Waals surface area contributed by atoms with E-state index in [4.69, 9.17) is 16.7 Å². The Morgan fingerprint density at radius 3 is 2.70 bits per heavy atom. The molecule has 2 amide bonds. The van der Waals surface area contributed by atoms with Crippen LogP contribution >= 0.6 is 11.6 Å². The van der Waals surface area contributed by atoms with E-state index in [9.17, 15) is 14.0 Å². The summed E-state index contributed by atoms with van der Waals surface area (Å²) in [7, 11) is 0. The van der Waals surface area contributed by atoms with E-state index in [0.29, 0.717) is 12.1 Å². The van der Waals surface area contributed by atoms with Gasteiger partial charge in [0.2, 0.25) is 0 Å². The molecule has 0 aliphatic carbocycles. The summed E-state index contributed by atoms with van der Waals surface area (Å²) in [6, 6.07) is 2.79. The van der Waals surface area contributed by atoms with Crippen LogP contribution in [0.2, 0.25) is 5.02 Å². The van der Waals surface area contributed by atoms with E-state index in [1.165, 1.54) is 12.1 Å². The van der Waals surface area contributed by atoms with Gasteiger partial charge in [0, 0.05) is 11.7 Å². The highest BCUT2D eigenvalue weighted by molar-refractivity contribution is 6.31. The van der Waals surface area contributed by atoms with Crippen LogP contribution in [0.3, 0.4) is 0 Å². The van der Waals surface area contributed by atoms with Crippen molar-refractivity contribution >= 4 is 29.3 Å². The standard InChI is InChI=1S/C13H16ClFN2O3/c1-2-3-8(7-12(18)19)16-13(20)17-9-4-5-11(15)10(14)6-9/h4-6,8H,2-3,7H2,1H3,(H,18,19)(H2,16,17,20). The largest absolute Gasteiger partial charge is 0.481 e. The van der Waals surface area contributed by atoms with Gasteiger partial charge < -0.3 is 15.7 Å². The number of carboxylic acids is 1. The Hall–Kier alpha value is -1.82. The first-order valence-electron chi connectivity index (χ1n) is 6.16. The maximum Gasteiger partial charge on any atom is 0.319 e. The minimum Gasteiger partial charge on any atom is -0.481 e. The molecule has 1 unspecified atom stereocenters. The lowest BCUT2D eigenvalue weighted by molar-refractivity contribution is -0.137. The van der Waals surface area contributed by atoms with Crippen LogP contribution in [-0.4, -0.2) is 23.1 Å². The number of nitrogens with one attached hydrogen (secondary N) is 2. The van der Waals surface area contributed by atoms with Crippen LogP contribution in [0.1, 0.15) is 26.2 Å². The van der Waals surface area contributed by atoms with Crippen LogP contribution in [0.4, 0.5) is 14.9 Å². The van der Waals surface area contributed by atoms with Crippen molar-refractivity contribution in [1.29, 1.82) is 0 Å². The normalized spacial score (nSPS) is 11.8. The number of carboxylic acid groups (broad SMARTS) is 1. The molecule has 0 bridgehead atoms. The van der Waals surface area contributed by atoms with Crippen molar-refractivity contribution < 1.29 is 19.1 Å². The summed E-state index contributed by atoms with van der Waals surface area (Å²) in [5, 5.41) is 13.7. The van der Waals surface area contributed by atoms with Crippen LogP contribution in [0.5, 0.6) is 0 Å². The average Bonchev–Trinajstić information content (AvgIpc) is 2.33. The molecule has 110 valence electrons. The van der Waals surface area contributed by atoms with Crippen molar-refractivity contribution in [2.24, 2.45) is 0 Å². The number of hydrogen-bond acceptors (Lipinski definition) is 2. The van der Waals surface area contributed by atoms with Gasteiger partial charge in [-0.1, -0.05) is 24.9 Å². The van der Waals surface area contributed by atoms with E-state index in [2.05, 4.69) is 10.6 Å². The second-order valence-corrected chi connectivity index (χ2v) is 4.72. The summed E-state index contributed by atoms with van der Waals surface area (Å²) in [6.45, 7) is 1.90. The highest BCUT2D eigenvalue weighted by Gasteiger charge is 2.15. The molecule has 3 N–H and O–H groups in total. The van der Waals surface area contributed by atoms with Gasteiger partial charge in [0.25, 0.3) is 0 Å². The Balaban J connectivity index is 2.60. The van der Waals surface area contributed by atoms with E-state index < -0.39 is 23.9 Å². The Morgan fingerprint density at radius 2 is 2.15 bits per heavy atom. The molecule has 1 aromatic carbocycles. The highest BCUT2D eigenvalue weighted by atomic mass is 35.5. The molecular weight excluding hydrogens is 287 g/mol. The van der Waals surface area contributed by atoms with Crippen molar-refractivity contribution in [3.63, 3.8) is 0 Å². The quantitative estimate of drug-likeness (QED) is 0.755. The van der Waals surface area contributed by atoms with Gasteiger partial charge in [0.15, 0.2) is 0 Å². The number of rotatable bonds is 6. The first-order valence-corrected chi connectivity index (χ1v) is 6.54. The van der Waals surface area contributed by atoms with Gasteiger partial charge in [-0.05, 0) is 24.6 Å². The lowest BCUT2D eigenvalue weighted by atomic mass is 10.1. The summed E-state index contributed by atoms with van der Waals surface area (Å²) in [5.41, 5.74) is 0.333. The number of carbonyl (C=O) groups excluding carboxylic acids is 1. The number of halogens is 2. The molecule has 1 atom stereocenters. The molecule has 5 nitrogen and oxygen atoms in total. The fourth-order valence-corrected chi connectivity index (χ4v) is 1.89. The molecule has 1 aromatic rings. The fraction of sp³-hybridized carbons (Fsp3) is 0.385. The zero-order chi connectivity index (χ0) is 15.1. The topological polar surface area (TPSA) is 78.4 Å². The van der Waals surface area contributed by atoms with E-state index in [0.717, 1.165) is 12.5 Å². The number of anilines is 1. The lowest BCUT2D eigenvalue weighted by Crippen LogP contribution is -2.39. The zero-order valence-electron chi connectivity index (χ0n) is 11.0. The summed E-state index contributed by atoms with van der Waals surface area (Å²) in [5.74, 6) is -1.55. The Labute approximate surface area is 121 Å². The Kier molecular flexibility index (Phi) is 6.24. The molecule has 0 aliphatic rings. The molecule has 0 saturated heterocycles. The number of carbonyl (C=O) groups is 2. The smallest absolute Gasteiger partial charge is 0.319 e. The zero-order valence-corrected chi connectivity index (χ0v) is 11.7. The molecule has 7 heteroatoms. The number of benzene rings is 1. The van der Waals surface area contributed by atoms with E-state index >= 15 is 0 Å². The number of hydrogen-bond donors (Lipinski definition) is 3. The predicted molar refractivity (Wildman–Crippen MR) is 74.5 cm³/mol. The Morgan fingerprint density at radius 1 is 1.45 bits per heavy atom. The molecule has 0 fully saturated rings. The highest BCUT2D eigenvalue weighted by Crippen LogP contribution is 2.19. The van der Waals surface area contributed by atoms with Crippen molar-refractivity contribution in [3.8, 4) is 0 Å². The third kappa shape index (κ3) is 5.44. The monoisotopic (exact) mass is 302 g/mol. The van der Waals surface area contributed by atoms with Gasteiger partial charge in [0.05, 0.1) is 11.4 Å². The third-order valence-corrected chi connectivity index (χ3v) is 2.86. The minimum atomic E-state index is -0.978. The average molecular weight is 303 g/mol. The molecule has 0 heterocycles. The van der Waals surface area contributed by atoms with Crippen molar-refractivity contribution in [2.45, 2.75) is 32.2 Å². The van der Waals surface area contributed by atoms with Crippen LogP contribution in [0, 0.1) is 5.82 Å². The van der Waals surface area contributed by atoms with Crippen molar-refractivity contribution in [3.05, 3.63) is 29.0 Å². The van der Waals surface area contributed by atoms with E-state index in [1.54, 1.807) is 0 Å².